The van der Waals surface area contributed by atoms with Crippen LogP contribution in [-0.2, 0) is 14.8 Å². The number of hydrogen-bond acceptors (Lipinski definition) is 9. The van der Waals surface area contributed by atoms with Crippen LogP contribution in [0.15, 0.2) is 57.8 Å². The SMILES string of the molecule is COc1ccc(N(CC(=O)Nc2nnc(SCC(C)C)s2)S(=O)(=O)c2ccccc2)cc1OC. The Balaban J connectivity index is 1.88. The molecule has 0 aliphatic heterocycles. The van der Waals surface area contributed by atoms with Gasteiger partial charge in [0.2, 0.25) is 11.0 Å². The Morgan fingerprint density at radius 3 is 2.44 bits per heavy atom. The lowest BCUT2D eigenvalue weighted by atomic mass is 10.2. The van der Waals surface area contributed by atoms with Gasteiger partial charge in [-0.3, -0.25) is 14.4 Å². The lowest BCUT2D eigenvalue weighted by Crippen LogP contribution is -2.38. The predicted octanol–water partition coefficient (Wildman–Crippen LogP) is 4.14. The van der Waals surface area contributed by atoms with Crippen LogP contribution in [-0.4, -0.2) is 51.0 Å². The third kappa shape index (κ3) is 6.39. The molecule has 0 spiro atoms. The molecular formula is C22H26N4O5S3. The molecule has 1 heterocycles. The minimum atomic E-state index is -4.06. The topological polar surface area (TPSA) is 111 Å². The molecule has 0 radical (unpaired) electrons. The predicted molar refractivity (Wildman–Crippen MR) is 135 cm³/mol. The van der Waals surface area contributed by atoms with E-state index in [-0.39, 0.29) is 10.6 Å². The zero-order valence-corrected chi connectivity index (χ0v) is 21.7. The second-order valence-corrected chi connectivity index (χ2v) is 11.6. The first-order chi connectivity index (χ1) is 16.2. The number of rotatable bonds is 11. The Morgan fingerprint density at radius 2 is 1.79 bits per heavy atom. The highest BCUT2D eigenvalue weighted by Crippen LogP contribution is 2.34. The maximum Gasteiger partial charge on any atom is 0.264 e. The molecule has 0 aliphatic carbocycles. The van der Waals surface area contributed by atoms with Gasteiger partial charge < -0.3 is 9.47 Å². The number of sulfonamides is 1. The van der Waals surface area contributed by atoms with Crippen molar-refractivity contribution in [3.8, 4) is 11.5 Å². The smallest absolute Gasteiger partial charge is 0.264 e. The monoisotopic (exact) mass is 522 g/mol. The van der Waals surface area contributed by atoms with Gasteiger partial charge in [0.1, 0.15) is 6.54 Å². The molecule has 182 valence electrons. The molecule has 0 atom stereocenters. The number of nitrogens with zero attached hydrogens (tertiary/aromatic N) is 3. The number of benzene rings is 2. The van der Waals surface area contributed by atoms with Crippen LogP contribution < -0.4 is 19.1 Å². The lowest BCUT2D eigenvalue weighted by molar-refractivity contribution is -0.114. The van der Waals surface area contributed by atoms with Gasteiger partial charge >= 0.3 is 0 Å². The molecule has 0 bridgehead atoms. The molecule has 0 aliphatic rings. The molecule has 12 heteroatoms. The number of nitrogens with one attached hydrogen (secondary N) is 1. The normalized spacial score (nSPS) is 11.3. The average Bonchev–Trinajstić information content (AvgIpc) is 3.28. The van der Waals surface area contributed by atoms with Crippen LogP contribution >= 0.6 is 23.1 Å². The van der Waals surface area contributed by atoms with Gasteiger partial charge in [0, 0.05) is 11.8 Å². The van der Waals surface area contributed by atoms with Crippen LogP contribution in [0.1, 0.15) is 13.8 Å². The summed E-state index contributed by atoms with van der Waals surface area (Å²) in [7, 11) is -1.12. The molecule has 0 saturated heterocycles. The summed E-state index contributed by atoms with van der Waals surface area (Å²) in [6, 6.07) is 12.6. The molecule has 34 heavy (non-hydrogen) atoms. The maximum absolute atomic E-state index is 13.5. The van der Waals surface area contributed by atoms with E-state index in [0.29, 0.717) is 22.5 Å². The summed E-state index contributed by atoms with van der Waals surface area (Å²) in [5.74, 6) is 1.60. The Morgan fingerprint density at radius 1 is 1.09 bits per heavy atom. The Bertz CT molecular complexity index is 1220. The molecule has 1 aromatic heterocycles. The second-order valence-electron chi connectivity index (χ2n) is 7.49. The highest BCUT2D eigenvalue weighted by molar-refractivity contribution is 8.01. The van der Waals surface area contributed by atoms with Crippen molar-refractivity contribution in [3.05, 3.63) is 48.5 Å². The van der Waals surface area contributed by atoms with E-state index < -0.39 is 22.5 Å². The van der Waals surface area contributed by atoms with Gasteiger partial charge in [-0.1, -0.05) is 55.1 Å². The molecule has 3 aromatic rings. The van der Waals surface area contributed by atoms with Gasteiger partial charge in [-0.2, -0.15) is 0 Å². The fourth-order valence-electron chi connectivity index (χ4n) is 2.86. The van der Waals surface area contributed by atoms with Crippen molar-refractivity contribution in [2.75, 3.05) is 36.1 Å². The van der Waals surface area contributed by atoms with E-state index in [2.05, 4.69) is 29.4 Å². The minimum absolute atomic E-state index is 0.0564. The van der Waals surface area contributed by atoms with Crippen molar-refractivity contribution in [1.82, 2.24) is 10.2 Å². The van der Waals surface area contributed by atoms with E-state index in [4.69, 9.17) is 9.47 Å². The molecule has 0 fully saturated rings. The summed E-state index contributed by atoms with van der Waals surface area (Å²) >= 11 is 2.80. The van der Waals surface area contributed by atoms with Gasteiger partial charge in [-0.15, -0.1) is 10.2 Å². The largest absolute Gasteiger partial charge is 0.493 e. The lowest BCUT2D eigenvalue weighted by Gasteiger charge is -2.24. The Hall–Kier alpha value is -2.83. The third-order valence-corrected chi connectivity index (χ3v) is 8.65. The second kappa shape index (κ2) is 11.5. The number of carbonyl (C=O) groups is 1. The summed E-state index contributed by atoms with van der Waals surface area (Å²) in [6.45, 7) is 3.74. The Kier molecular flexibility index (Phi) is 8.75. The summed E-state index contributed by atoms with van der Waals surface area (Å²) in [6.07, 6.45) is 0. The van der Waals surface area contributed by atoms with Crippen LogP contribution in [0.4, 0.5) is 10.8 Å². The van der Waals surface area contributed by atoms with Crippen molar-refractivity contribution in [3.63, 3.8) is 0 Å². The highest BCUT2D eigenvalue weighted by atomic mass is 32.2. The number of carbonyl (C=O) groups excluding carboxylic acids is 1. The van der Waals surface area contributed by atoms with E-state index in [9.17, 15) is 13.2 Å². The molecule has 9 nitrogen and oxygen atoms in total. The minimum Gasteiger partial charge on any atom is -0.493 e. The molecule has 1 N–H and O–H groups in total. The quantitative estimate of drug-likeness (QED) is 0.296. The van der Waals surface area contributed by atoms with Crippen molar-refractivity contribution in [2.24, 2.45) is 5.92 Å². The van der Waals surface area contributed by atoms with Gasteiger partial charge in [-0.05, 0) is 30.2 Å². The number of ether oxygens (including phenoxy) is 2. The fraction of sp³-hybridized carbons (Fsp3) is 0.318. The molecule has 1 amide bonds. The highest BCUT2D eigenvalue weighted by Gasteiger charge is 2.28. The molecule has 0 unspecified atom stereocenters. The van der Waals surface area contributed by atoms with Crippen LogP contribution in [0.5, 0.6) is 11.5 Å². The fourth-order valence-corrected chi connectivity index (χ4v) is 6.04. The van der Waals surface area contributed by atoms with Crippen LogP contribution in [0.3, 0.4) is 0 Å². The Labute approximate surface area is 207 Å². The number of amides is 1. The first kappa shape index (κ1) is 25.8. The summed E-state index contributed by atoms with van der Waals surface area (Å²) in [5, 5.41) is 11.0. The number of anilines is 2. The van der Waals surface area contributed by atoms with E-state index in [1.165, 1.54) is 43.8 Å². The standard InChI is InChI=1S/C22H26N4O5S3/c1-15(2)14-32-22-25-24-21(33-22)23-20(27)13-26(34(28,29)17-8-6-5-7-9-17)16-10-11-18(30-3)19(12-16)31-4/h5-12,15H,13-14H2,1-4H3,(H,23,24,27). The third-order valence-electron chi connectivity index (χ3n) is 4.47. The summed E-state index contributed by atoms with van der Waals surface area (Å²) in [5.41, 5.74) is 0.252. The molecule has 0 saturated carbocycles. The summed E-state index contributed by atoms with van der Waals surface area (Å²) in [4.78, 5) is 12.9. The number of methoxy groups -OCH3 is 2. The summed E-state index contributed by atoms with van der Waals surface area (Å²) < 4.78 is 39.3. The van der Waals surface area contributed by atoms with Gasteiger partial charge in [-0.25, -0.2) is 8.42 Å². The van der Waals surface area contributed by atoms with E-state index in [0.717, 1.165) is 14.4 Å². The van der Waals surface area contributed by atoms with Crippen molar-refractivity contribution >= 4 is 49.8 Å². The first-order valence-corrected chi connectivity index (χ1v) is 13.5. The molecule has 2 aromatic carbocycles. The molecule has 3 rings (SSSR count). The van der Waals surface area contributed by atoms with Gasteiger partial charge in [0.15, 0.2) is 15.8 Å². The van der Waals surface area contributed by atoms with E-state index in [1.54, 1.807) is 42.1 Å². The number of aromatic nitrogens is 2. The van der Waals surface area contributed by atoms with E-state index >= 15 is 0 Å². The molecular weight excluding hydrogens is 496 g/mol. The van der Waals surface area contributed by atoms with Crippen molar-refractivity contribution in [1.29, 1.82) is 0 Å². The van der Waals surface area contributed by atoms with E-state index in [1.807, 2.05) is 0 Å². The van der Waals surface area contributed by atoms with Gasteiger partial charge in [0.05, 0.1) is 24.8 Å². The number of hydrogen-bond donors (Lipinski definition) is 1. The van der Waals surface area contributed by atoms with Crippen molar-refractivity contribution < 1.29 is 22.7 Å². The zero-order chi connectivity index (χ0) is 24.7. The van der Waals surface area contributed by atoms with Crippen LogP contribution in [0.25, 0.3) is 0 Å². The number of thioether (sulfide) groups is 1. The zero-order valence-electron chi connectivity index (χ0n) is 19.2. The average molecular weight is 523 g/mol. The van der Waals surface area contributed by atoms with Crippen LogP contribution in [0, 0.1) is 5.92 Å². The van der Waals surface area contributed by atoms with Gasteiger partial charge in [0.25, 0.3) is 10.0 Å². The maximum atomic E-state index is 13.5. The van der Waals surface area contributed by atoms with Crippen molar-refractivity contribution in [2.45, 2.75) is 23.1 Å². The first-order valence-electron chi connectivity index (χ1n) is 10.3. The van der Waals surface area contributed by atoms with Crippen LogP contribution in [0.2, 0.25) is 0 Å².